The van der Waals surface area contributed by atoms with E-state index in [9.17, 15) is 19.2 Å². The smallest absolute Gasteiger partial charge is 0.343 e. The number of hydrogen-bond donors (Lipinski definition) is 1. The summed E-state index contributed by atoms with van der Waals surface area (Å²) in [5.74, 6) is -1.61. The van der Waals surface area contributed by atoms with Gasteiger partial charge in [-0.2, -0.15) is 0 Å². The molecule has 4 amide bonds. The number of barbiturate groups is 1. The third-order valence-corrected chi connectivity index (χ3v) is 5.19. The molecule has 1 N–H and O–H groups in total. The molecule has 0 aliphatic carbocycles. The predicted octanol–water partition coefficient (Wildman–Crippen LogP) is 4.23. The number of hydrogen-bond acceptors (Lipinski definition) is 6. The fraction of sp³-hybridized carbons (Fsp3) is 0.0400. The molecule has 3 aromatic carbocycles. The zero-order valence-corrected chi connectivity index (χ0v) is 18.5. The van der Waals surface area contributed by atoms with Gasteiger partial charge in [0.25, 0.3) is 11.8 Å². The Kier molecular flexibility index (Phi) is 6.42. The van der Waals surface area contributed by atoms with Crippen molar-refractivity contribution in [2.75, 3.05) is 12.0 Å². The summed E-state index contributed by atoms with van der Waals surface area (Å²) in [6, 6.07) is 17.9. The van der Waals surface area contributed by atoms with E-state index < -0.39 is 23.8 Å². The quantitative estimate of drug-likeness (QED) is 0.256. The van der Waals surface area contributed by atoms with E-state index in [0.717, 1.165) is 4.90 Å². The van der Waals surface area contributed by atoms with E-state index in [2.05, 4.69) is 5.32 Å². The summed E-state index contributed by atoms with van der Waals surface area (Å²) in [6.07, 6.45) is 1.27. The number of carbonyl (C=O) groups is 4. The first-order chi connectivity index (χ1) is 16.4. The summed E-state index contributed by atoms with van der Waals surface area (Å²) in [5, 5.41) is 2.57. The maximum Gasteiger partial charge on any atom is 0.343 e. The number of rotatable bonds is 5. The van der Waals surface area contributed by atoms with Crippen LogP contribution in [-0.4, -0.2) is 30.9 Å². The zero-order chi connectivity index (χ0) is 24.2. The van der Waals surface area contributed by atoms with Crippen LogP contribution in [0.2, 0.25) is 5.02 Å². The van der Waals surface area contributed by atoms with Crippen LogP contribution in [0, 0.1) is 0 Å². The number of para-hydroxylation sites is 1. The summed E-state index contributed by atoms with van der Waals surface area (Å²) < 4.78 is 10.6. The molecule has 0 spiro atoms. The fourth-order valence-corrected chi connectivity index (χ4v) is 3.34. The molecule has 34 heavy (non-hydrogen) atoms. The first-order valence-corrected chi connectivity index (χ1v) is 10.4. The minimum atomic E-state index is -0.881. The summed E-state index contributed by atoms with van der Waals surface area (Å²) in [7, 11) is 1.52. The molecule has 170 valence electrons. The van der Waals surface area contributed by atoms with Crippen molar-refractivity contribution < 1.29 is 28.7 Å². The molecule has 4 rings (SSSR count). The number of nitrogens with one attached hydrogen (secondary N) is 1. The van der Waals surface area contributed by atoms with Crippen LogP contribution in [0.15, 0.2) is 78.4 Å². The molecule has 3 aromatic rings. The van der Waals surface area contributed by atoms with Crippen molar-refractivity contribution >= 4 is 47.2 Å². The second-order valence-electron chi connectivity index (χ2n) is 7.09. The van der Waals surface area contributed by atoms with Crippen molar-refractivity contribution in [2.24, 2.45) is 0 Å². The Morgan fingerprint density at radius 3 is 2.29 bits per heavy atom. The highest BCUT2D eigenvalue weighted by Gasteiger charge is 2.37. The second kappa shape index (κ2) is 9.60. The predicted molar refractivity (Wildman–Crippen MR) is 125 cm³/mol. The SMILES string of the molecule is COc1ccc(C(=O)Oc2ccccc2/C=C2/C(=O)NC(=O)N(c3ccc(Cl)cc3)C2=O)cc1. The van der Waals surface area contributed by atoms with Crippen LogP contribution in [0.1, 0.15) is 15.9 Å². The second-order valence-corrected chi connectivity index (χ2v) is 7.53. The topological polar surface area (TPSA) is 102 Å². The fourth-order valence-electron chi connectivity index (χ4n) is 3.22. The Morgan fingerprint density at radius 2 is 1.62 bits per heavy atom. The molecule has 1 fully saturated rings. The molecular weight excluding hydrogens is 460 g/mol. The molecule has 1 aliphatic rings. The van der Waals surface area contributed by atoms with Gasteiger partial charge in [-0.15, -0.1) is 0 Å². The van der Waals surface area contributed by atoms with Gasteiger partial charge in [-0.05, 0) is 60.7 Å². The molecule has 0 unspecified atom stereocenters. The normalized spacial score (nSPS) is 14.7. The molecule has 8 nitrogen and oxygen atoms in total. The molecule has 1 aliphatic heterocycles. The maximum atomic E-state index is 13.1. The molecule has 1 heterocycles. The molecule has 0 aromatic heterocycles. The summed E-state index contributed by atoms with van der Waals surface area (Å²) in [5.41, 5.74) is 0.523. The van der Waals surface area contributed by atoms with Crippen molar-refractivity contribution in [2.45, 2.75) is 0 Å². The zero-order valence-electron chi connectivity index (χ0n) is 17.8. The lowest BCUT2D eigenvalue weighted by Gasteiger charge is -2.26. The number of nitrogens with zero attached hydrogens (tertiary/aromatic N) is 1. The lowest BCUT2D eigenvalue weighted by Crippen LogP contribution is -2.54. The van der Waals surface area contributed by atoms with Crippen LogP contribution in [0.4, 0.5) is 10.5 Å². The highest BCUT2D eigenvalue weighted by molar-refractivity contribution is 6.39. The molecule has 0 radical (unpaired) electrons. The number of carbonyl (C=O) groups excluding carboxylic acids is 4. The van der Waals surface area contributed by atoms with Crippen LogP contribution < -0.4 is 19.7 Å². The number of methoxy groups -OCH3 is 1. The van der Waals surface area contributed by atoms with Gasteiger partial charge < -0.3 is 9.47 Å². The third kappa shape index (κ3) is 4.67. The summed E-state index contributed by atoms with van der Waals surface area (Å²) >= 11 is 5.88. The van der Waals surface area contributed by atoms with Gasteiger partial charge in [0.15, 0.2) is 0 Å². The van der Waals surface area contributed by atoms with Crippen LogP contribution in [-0.2, 0) is 9.59 Å². The lowest BCUT2D eigenvalue weighted by molar-refractivity contribution is -0.122. The molecule has 0 saturated carbocycles. The minimum absolute atomic E-state index is 0.131. The number of imide groups is 2. The molecule has 0 atom stereocenters. The Bertz CT molecular complexity index is 1320. The average Bonchev–Trinajstić information content (AvgIpc) is 2.84. The van der Waals surface area contributed by atoms with Crippen molar-refractivity contribution in [1.82, 2.24) is 5.32 Å². The highest BCUT2D eigenvalue weighted by Crippen LogP contribution is 2.27. The van der Waals surface area contributed by atoms with Gasteiger partial charge in [0.2, 0.25) is 0 Å². The number of ether oxygens (including phenoxy) is 2. The van der Waals surface area contributed by atoms with E-state index in [4.69, 9.17) is 21.1 Å². The van der Waals surface area contributed by atoms with E-state index >= 15 is 0 Å². The largest absolute Gasteiger partial charge is 0.497 e. The Balaban J connectivity index is 1.64. The Morgan fingerprint density at radius 1 is 0.941 bits per heavy atom. The van der Waals surface area contributed by atoms with E-state index in [0.29, 0.717) is 16.3 Å². The summed E-state index contributed by atoms with van der Waals surface area (Å²) in [4.78, 5) is 51.3. The van der Waals surface area contributed by atoms with Crippen LogP contribution in [0.25, 0.3) is 6.08 Å². The number of esters is 1. The van der Waals surface area contributed by atoms with Gasteiger partial charge in [0, 0.05) is 10.6 Å². The molecule has 9 heteroatoms. The van der Waals surface area contributed by atoms with Crippen molar-refractivity contribution in [1.29, 1.82) is 0 Å². The number of urea groups is 1. The van der Waals surface area contributed by atoms with E-state index in [-0.39, 0.29) is 22.6 Å². The number of benzene rings is 3. The van der Waals surface area contributed by atoms with E-state index in [1.165, 1.54) is 43.5 Å². The third-order valence-electron chi connectivity index (χ3n) is 4.93. The summed E-state index contributed by atoms with van der Waals surface area (Å²) in [6.45, 7) is 0. The molecule has 0 bridgehead atoms. The lowest BCUT2D eigenvalue weighted by atomic mass is 10.1. The number of halogens is 1. The Hall–Kier alpha value is -4.43. The first-order valence-electron chi connectivity index (χ1n) is 9.99. The molecular formula is C25H17ClN2O6. The highest BCUT2D eigenvalue weighted by atomic mass is 35.5. The number of anilines is 1. The number of amides is 4. The van der Waals surface area contributed by atoms with Crippen molar-refractivity contribution in [3.63, 3.8) is 0 Å². The van der Waals surface area contributed by atoms with Crippen molar-refractivity contribution in [3.8, 4) is 11.5 Å². The molecule has 1 saturated heterocycles. The van der Waals surface area contributed by atoms with Gasteiger partial charge in [-0.3, -0.25) is 14.9 Å². The van der Waals surface area contributed by atoms with Crippen LogP contribution >= 0.6 is 11.6 Å². The minimum Gasteiger partial charge on any atom is -0.497 e. The average molecular weight is 477 g/mol. The van der Waals surface area contributed by atoms with Gasteiger partial charge in [-0.25, -0.2) is 14.5 Å². The van der Waals surface area contributed by atoms with Gasteiger partial charge in [-0.1, -0.05) is 29.8 Å². The standard InChI is InChI=1S/C25H17ClN2O6/c1-33-19-12-6-15(7-13-19)24(31)34-21-5-3-2-4-16(21)14-20-22(29)27-25(32)28(23(20)30)18-10-8-17(26)9-11-18/h2-14H,1H3,(H,27,29,32)/b20-14-. The Labute approximate surface area is 199 Å². The van der Waals surface area contributed by atoms with Crippen LogP contribution in [0.3, 0.4) is 0 Å². The van der Waals surface area contributed by atoms with E-state index in [1.807, 2.05) is 0 Å². The first kappa shape index (κ1) is 22.8. The van der Waals surface area contributed by atoms with Gasteiger partial charge >= 0.3 is 12.0 Å². The maximum absolute atomic E-state index is 13.1. The van der Waals surface area contributed by atoms with Gasteiger partial charge in [0.05, 0.1) is 18.4 Å². The van der Waals surface area contributed by atoms with Gasteiger partial charge in [0.1, 0.15) is 17.1 Å². The monoisotopic (exact) mass is 476 g/mol. The van der Waals surface area contributed by atoms with E-state index in [1.54, 1.807) is 42.5 Å². The van der Waals surface area contributed by atoms with Crippen LogP contribution in [0.5, 0.6) is 11.5 Å². The van der Waals surface area contributed by atoms with Crippen molar-refractivity contribution in [3.05, 3.63) is 94.5 Å².